The van der Waals surface area contributed by atoms with Gasteiger partial charge in [-0.2, -0.15) is 0 Å². The summed E-state index contributed by atoms with van der Waals surface area (Å²) in [5, 5.41) is 6.34. The second kappa shape index (κ2) is 5.74. The molecule has 0 spiro atoms. The lowest BCUT2D eigenvalue weighted by Crippen LogP contribution is -2.40. The Balaban J connectivity index is 1.97. The molecule has 1 aromatic rings. The van der Waals surface area contributed by atoms with E-state index in [4.69, 9.17) is 0 Å². The summed E-state index contributed by atoms with van der Waals surface area (Å²) in [5.41, 5.74) is 2.55. The summed E-state index contributed by atoms with van der Waals surface area (Å²) in [5.74, 6) is 0.333. The van der Waals surface area contributed by atoms with E-state index in [1.807, 2.05) is 0 Å². The van der Waals surface area contributed by atoms with Crippen LogP contribution in [0.5, 0.6) is 0 Å². The molecule has 1 saturated heterocycles. The van der Waals surface area contributed by atoms with Crippen molar-refractivity contribution in [2.24, 2.45) is 5.92 Å². The molecule has 1 fully saturated rings. The van der Waals surface area contributed by atoms with E-state index >= 15 is 0 Å². The summed E-state index contributed by atoms with van der Waals surface area (Å²) in [4.78, 5) is 12.1. The van der Waals surface area contributed by atoms with Gasteiger partial charge in [0.15, 0.2) is 0 Å². The fourth-order valence-corrected chi connectivity index (χ4v) is 2.76. The van der Waals surface area contributed by atoms with Crippen LogP contribution in [0, 0.1) is 12.8 Å². The van der Waals surface area contributed by atoms with Crippen LogP contribution in [0.1, 0.15) is 31.4 Å². The second-order valence-electron chi connectivity index (χ2n) is 6.11. The standard InChI is InChI=1S/C16H24N2O/c1-12-6-4-5-7-14(12)16(2,3)11-18-15(19)13-8-9-17-10-13/h4-7,13,17H,8-11H2,1-3H3,(H,18,19). The van der Waals surface area contributed by atoms with Crippen molar-refractivity contribution in [1.82, 2.24) is 10.6 Å². The first-order valence-electron chi connectivity index (χ1n) is 7.05. The molecule has 1 aliphatic heterocycles. The molecule has 0 radical (unpaired) electrons. The van der Waals surface area contributed by atoms with E-state index in [2.05, 4.69) is 55.7 Å². The van der Waals surface area contributed by atoms with Gasteiger partial charge in [-0.05, 0) is 31.0 Å². The molecule has 1 aliphatic rings. The number of hydrogen-bond acceptors (Lipinski definition) is 2. The molecule has 104 valence electrons. The zero-order chi connectivity index (χ0) is 13.9. The van der Waals surface area contributed by atoms with Gasteiger partial charge in [-0.15, -0.1) is 0 Å². The number of amides is 1. The fourth-order valence-electron chi connectivity index (χ4n) is 2.76. The Hall–Kier alpha value is -1.35. The van der Waals surface area contributed by atoms with E-state index in [1.54, 1.807) is 0 Å². The molecular formula is C16H24N2O. The number of aryl methyl sites for hydroxylation is 1. The molecule has 1 atom stereocenters. The summed E-state index contributed by atoms with van der Waals surface area (Å²) < 4.78 is 0. The number of rotatable bonds is 4. The van der Waals surface area contributed by atoms with Crippen LogP contribution in [0.2, 0.25) is 0 Å². The predicted molar refractivity (Wildman–Crippen MR) is 78.2 cm³/mol. The maximum atomic E-state index is 12.1. The van der Waals surface area contributed by atoms with Crippen molar-refractivity contribution < 1.29 is 4.79 Å². The van der Waals surface area contributed by atoms with E-state index in [0.717, 1.165) is 19.5 Å². The van der Waals surface area contributed by atoms with Crippen molar-refractivity contribution in [2.45, 2.75) is 32.6 Å². The van der Waals surface area contributed by atoms with E-state index in [0.29, 0.717) is 6.54 Å². The van der Waals surface area contributed by atoms with E-state index in [1.165, 1.54) is 11.1 Å². The second-order valence-corrected chi connectivity index (χ2v) is 6.11. The summed E-state index contributed by atoms with van der Waals surface area (Å²) >= 11 is 0. The van der Waals surface area contributed by atoms with Gasteiger partial charge >= 0.3 is 0 Å². The normalized spacial score (nSPS) is 19.4. The van der Waals surface area contributed by atoms with Crippen LogP contribution in [0.25, 0.3) is 0 Å². The first-order chi connectivity index (χ1) is 9.00. The van der Waals surface area contributed by atoms with Crippen molar-refractivity contribution >= 4 is 5.91 Å². The van der Waals surface area contributed by atoms with Crippen LogP contribution < -0.4 is 10.6 Å². The van der Waals surface area contributed by atoms with E-state index in [9.17, 15) is 4.79 Å². The molecule has 3 nitrogen and oxygen atoms in total. The molecule has 0 aromatic heterocycles. The van der Waals surface area contributed by atoms with Gasteiger partial charge in [-0.3, -0.25) is 4.79 Å². The molecule has 3 heteroatoms. The molecule has 0 bridgehead atoms. The summed E-state index contributed by atoms with van der Waals surface area (Å²) in [7, 11) is 0. The third-order valence-electron chi connectivity index (χ3n) is 4.01. The minimum atomic E-state index is -0.0347. The molecule has 0 saturated carbocycles. The van der Waals surface area contributed by atoms with Gasteiger partial charge in [0.1, 0.15) is 0 Å². The largest absolute Gasteiger partial charge is 0.355 e. The average molecular weight is 260 g/mol. The molecule has 1 aromatic carbocycles. The van der Waals surface area contributed by atoms with E-state index < -0.39 is 0 Å². The summed E-state index contributed by atoms with van der Waals surface area (Å²) in [6.45, 7) is 8.95. The molecule has 0 aliphatic carbocycles. The van der Waals surface area contributed by atoms with Gasteiger partial charge in [-0.1, -0.05) is 38.1 Å². The first-order valence-corrected chi connectivity index (χ1v) is 7.05. The Morgan fingerprint density at radius 1 is 1.42 bits per heavy atom. The van der Waals surface area contributed by atoms with Crippen LogP contribution in [-0.2, 0) is 10.2 Å². The van der Waals surface area contributed by atoms with Crippen molar-refractivity contribution in [1.29, 1.82) is 0 Å². The Morgan fingerprint density at radius 2 is 2.16 bits per heavy atom. The topological polar surface area (TPSA) is 41.1 Å². The van der Waals surface area contributed by atoms with Crippen molar-refractivity contribution in [2.75, 3.05) is 19.6 Å². The van der Waals surface area contributed by atoms with Crippen molar-refractivity contribution in [3.63, 3.8) is 0 Å². The maximum Gasteiger partial charge on any atom is 0.224 e. The van der Waals surface area contributed by atoms with Gasteiger partial charge in [0.05, 0.1) is 5.92 Å². The molecular weight excluding hydrogens is 236 g/mol. The lowest BCUT2D eigenvalue weighted by molar-refractivity contribution is -0.124. The zero-order valence-electron chi connectivity index (χ0n) is 12.1. The third kappa shape index (κ3) is 3.35. The van der Waals surface area contributed by atoms with Gasteiger partial charge in [0.25, 0.3) is 0 Å². The van der Waals surface area contributed by atoms with Crippen molar-refractivity contribution in [3.8, 4) is 0 Å². The summed E-state index contributed by atoms with van der Waals surface area (Å²) in [6, 6.07) is 8.39. The number of carbonyl (C=O) groups excluding carboxylic acids is 1. The van der Waals surface area contributed by atoms with Crippen molar-refractivity contribution in [3.05, 3.63) is 35.4 Å². The third-order valence-corrected chi connectivity index (χ3v) is 4.01. The van der Waals surface area contributed by atoms with Crippen LogP contribution in [-0.4, -0.2) is 25.5 Å². The SMILES string of the molecule is Cc1ccccc1C(C)(C)CNC(=O)C1CCNC1. The Morgan fingerprint density at radius 3 is 2.79 bits per heavy atom. The Labute approximate surface area is 115 Å². The highest BCUT2D eigenvalue weighted by Gasteiger charge is 2.26. The highest BCUT2D eigenvalue weighted by atomic mass is 16.1. The lowest BCUT2D eigenvalue weighted by Gasteiger charge is -2.28. The number of hydrogen-bond donors (Lipinski definition) is 2. The zero-order valence-corrected chi connectivity index (χ0v) is 12.1. The number of nitrogens with one attached hydrogen (secondary N) is 2. The molecule has 1 heterocycles. The van der Waals surface area contributed by atoms with E-state index in [-0.39, 0.29) is 17.2 Å². The predicted octanol–water partition coefficient (Wildman–Crippen LogP) is 2.00. The van der Waals surface area contributed by atoms with Crippen LogP contribution >= 0.6 is 0 Å². The smallest absolute Gasteiger partial charge is 0.224 e. The van der Waals surface area contributed by atoms with Crippen LogP contribution in [0.4, 0.5) is 0 Å². The van der Waals surface area contributed by atoms with Crippen LogP contribution in [0.15, 0.2) is 24.3 Å². The monoisotopic (exact) mass is 260 g/mol. The first kappa shape index (κ1) is 14.1. The Bertz CT molecular complexity index is 448. The fraction of sp³-hybridized carbons (Fsp3) is 0.562. The van der Waals surface area contributed by atoms with Gasteiger partial charge in [0, 0.05) is 18.5 Å². The quantitative estimate of drug-likeness (QED) is 0.869. The number of benzene rings is 1. The van der Waals surface area contributed by atoms with Gasteiger partial charge in [-0.25, -0.2) is 0 Å². The maximum absolute atomic E-state index is 12.1. The summed E-state index contributed by atoms with van der Waals surface area (Å²) in [6.07, 6.45) is 0.955. The van der Waals surface area contributed by atoms with Crippen LogP contribution in [0.3, 0.4) is 0 Å². The van der Waals surface area contributed by atoms with Gasteiger partial charge < -0.3 is 10.6 Å². The molecule has 2 N–H and O–H groups in total. The van der Waals surface area contributed by atoms with Gasteiger partial charge in [0.2, 0.25) is 5.91 Å². The lowest BCUT2D eigenvalue weighted by atomic mass is 9.82. The minimum absolute atomic E-state index is 0.0347. The average Bonchev–Trinajstić information content (AvgIpc) is 2.90. The molecule has 2 rings (SSSR count). The molecule has 1 amide bonds. The highest BCUT2D eigenvalue weighted by Crippen LogP contribution is 2.25. The number of carbonyl (C=O) groups is 1. The minimum Gasteiger partial charge on any atom is -0.355 e. The highest BCUT2D eigenvalue weighted by molar-refractivity contribution is 5.79. The molecule has 19 heavy (non-hydrogen) atoms. The molecule has 1 unspecified atom stereocenters. The Kier molecular flexibility index (Phi) is 4.25.